The second kappa shape index (κ2) is 7.28. The molecule has 0 aromatic heterocycles. The van der Waals surface area contributed by atoms with Crippen LogP contribution in [-0.2, 0) is 19.1 Å². The number of allylic oxidation sites excluding steroid dienone is 4. The molecule has 0 aromatic carbocycles. The summed E-state index contributed by atoms with van der Waals surface area (Å²) >= 11 is 11.3. The van der Waals surface area contributed by atoms with Crippen LogP contribution in [0.2, 0.25) is 0 Å². The van der Waals surface area contributed by atoms with E-state index >= 15 is 4.39 Å². The third kappa shape index (κ3) is 2.70. The molecule has 0 radical (unpaired) electrons. The van der Waals surface area contributed by atoms with Gasteiger partial charge in [-0.3, -0.25) is 4.79 Å². The van der Waals surface area contributed by atoms with E-state index in [4.69, 9.17) is 27.9 Å². The molecule has 8 atom stereocenters. The highest BCUT2D eigenvalue weighted by Gasteiger charge is 2.77. The molecule has 176 valence electrons. The number of aliphatic carboxylic acids is 1. The number of aliphatic hydroxyl groups excluding tert-OH is 1. The third-order valence-corrected chi connectivity index (χ3v) is 9.29. The molecule has 4 aliphatic rings. The van der Waals surface area contributed by atoms with Gasteiger partial charge in [0.25, 0.3) is 0 Å². The van der Waals surface area contributed by atoms with Crippen molar-refractivity contribution in [2.45, 2.75) is 68.7 Å². The lowest BCUT2D eigenvalue weighted by Crippen LogP contribution is -2.70. The molecule has 0 spiro atoms. The summed E-state index contributed by atoms with van der Waals surface area (Å²) in [5.74, 6) is -4.48. The molecule has 0 amide bonds. The molecule has 0 bridgehead atoms. The first-order chi connectivity index (χ1) is 14.8. The van der Waals surface area contributed by atoms with E-state index in [1.807, 2.05) is 0 Å². The van der Waals surface area contributed by atoms with Crippen molar-refractivity contribution in [2.75, 3.05) is 0 Å². The lowest BCUT2D eigenvalue weighted by atomic mass is 9.44. The minimum Gasteiger partial charge on any atom is -0.478 e. The molecule has 0 saturated heterocycles. The number of carbonyl (C=O) groups is 3. The van der Waals surface area contributed by atoms with Crippen LogP contribution >= 0.6 is 23.2 Å². The number of hydrogen-bond donors (Lipinski definition) is 2. The number of hydrogen-bond acceptors (Lipinski definition) is 5. The number of carboxylic acid groups (broad SMARTS) is 1. The second-order valence-corrected chi connectivity index (χ2v) is 11.3. The fourth-order valence-electron chi connectivity index (χ4n) is 7.45. The van der Waals surface area contributed by atoms with Gasteiger partial charge in [-0.2, -0.15) is 0 Å². The number of ketones is 1. The van der Waals surface area contributed by atoms with Crippen LogP contribution in [-0.4, -0.2) is 50.1 Å². The fraction of sp³-hybridized carbons (Fsp3) is 0.696. The number of halogens is 3. The Morgan fingerprint density at radius 1 is 1.28 bits per heavy atom. The summed E-state index contributed by atoms with van der Waals surface area (Å²) in [6, 6.07) is 0. The van der Waals surface area contributed by atoms with Gasteiger partial charge in [0.15, 0.2) is 11.5 Å². The quantitative estimate of drug-likeness (QED) is 0.463. The van der Waals surface area contributed by atoms with Crippen molar-refractivity contribution in [3.8, 4) is 0 Å². The van der Waals surface area contributed by atoms with Crippen LogP contribution < -0.4 is 0 Å². The lowest BCUT2D eigenvalue weighted by molar-refractivity contribution is -0.233. The molecular weight excluding hydrogens is 462 g/mol. The standard InChI is InChI=1S/C23H27Cl2FO6/c1-11-8-15-14-5-4-12-9-13(27)6-7-20(12,2)22(14,26)16(28)10-21(15,3)23(11,19(30)31)32-18(29)17(24)25/h6-7,9,11,14-17,28H,4-5,8,10H2,1-3H3,(H,30,31)/t11-,14-,15-,16-,20-,21-,22-,23+/m0/s1. The van der Waals surface area contributed by atoms with Crippen LogP contribution in [0.1, 0.15) is 46.5 Å². The molecule has 3 saturated carbocycles. The molecule has 4 rings (SSSR count). The summed E-state index contributed by atoms with van der Waals surface area (Å²) in [6.45, 7) is 4.99. The summed E-state index contributed by atoms with van der Waals surface area (Å²) in [7, 11) is 0. The van der Waals surface area contributed by atoms with Crippen LogP contribution in [0, 0.1) is 28.6 Å². The number of ether oxygens (including phenoxy) is 1. The molecule has 6 nitrogen and oxygen atoms in total. The van der Waals surface area contributed by atoms with Crippen molar-refractivity contribution in [3.63, 3.8) is 0 Å². The van der Waals surface area contributed by atoms with Gasteiger partial charge in [0.2, 0.25) is 10.4 Å². The van der Waals surface area contributed by atoms with Crippen molar-refractivity contribution in [1.29, 1.82) is 0 Å². The van der Waals surface area contributed by atoms with Crippen molar-refractivity contribution in [2.24, 2.45) is 28.6 Å². The van der Waals surface area contributed by atoms with E-state index in [-0.39, 0.29) is 12.2 Å². The molecular formula is C23H27Cl2FO6. The molecule has 0 aliphatic heterocycles. The maximum absolute atomic E-state index is 17.1. The first-order valence-corrected chi connectivity index (χ1v) is 11.7. The normalized spacial score (nSPS) is 47.4. The Balaban J connectivity index is 1.84. The molecule has 0 aromatic rings. The van der Waals surface area contributed by atoms with Crippen LogP contribution in [0.15, 0.2) is 23.8 Å². The van der Waals surface area contributed by atoms with Gasteiger partial charge in [-0.1, -0.05) is 48.7 Å². The summed E-state index contributed by atoms with van der Waals surface area (Å²) in [4.78, 5) is 35.3. The van der Waals surface area contributed by atoms with Crippen LogP contribution in [0.5, 0.6) is 0 Å². The maximum atomic E-state index is 17.1. The first kappa shape index (κ1) is 23.7. The van der Waals surface area contributed by atoms with Gasteiger partial charge in [-0.25, -0.2) is 14.0 Å². The van der Waals surface area contributed by atoms with Gasteiger partial charge in [-0.15, -0.1) is 0 Å². The van der Waals surface area contributed by atoms with Gasteiger partial charge in [0.1, 0.15) is 0 Å². The molecule has 3 fully saturated rings. The minimum atomic E-state index is -2.10. The van der Waals surface area contributed by atoms with Gasteiger partial charge in [-0.05, 0) is 50.7 Å². The Kier molecular flexibility index (Phi) is 5.39. The van der Waals surface area contributed by atoms with Crippen molar-refractivity contribution in [1.82, 2.24) is 0 Å². The topological polar surface area (TPSA) is 101 Å². The Hall–Kier alpha value is -1.44. The molecule has 9 heteroatoms. The van der Waals surface area contributed by atoms with Gasteiger partial charge < -0.3 is 14.9 Å². The Morgan fingerprint density at radius 3 is 2.53 bits per heavy atom. The number of carboxylic acids is 1. The van der Waals surface area contributed by atoms with Crippen molar-refractivity contribution >= 4 is 40.9 Å². The summed E-state index contributed by atoms with van der Waals surface area (Å²) < 4.78 is 22.6. The zero-order valence-corrected chi connectivity index (χ0v) is 19.6. The van der Waals surface area contributed by atoms with Gasteiger partial charge >= 0.3 is 11.9 Å². The van der Waals surface area contributed by atoms with Crippen LogP contribution in [0.25, 0.3) is 0 Å². The lowest BCUT2D eigenvalue weighted by Gasteiger charge is -2.62. The fourth-order valence-corrected chi connectivity index (χ4v) is 7.54. The van der Waals surface area contributed by atoms with E-state index < -0.39 is 62.7 Å². The van der Waals surface area contributed by atoms with Crippen LogP contribution in [0.3, 0.4) is 0 Å². The number of esters is 1. The van der Waals surface area contributed by atoms with Crippen molar-refractivity contribution in [3.05, 3.63) is 23.8 Å². The van der Waals surface area contributed by atoms with E-state index in [1.54, 1.807) is 20.8 Å². The number of rotatable bonds is 3. The monoisotopic (exact) mass is 488 g/mol. The smallest absolute Gasteiger partial charge is 0.349 e. The van der Waals surface area contributed by atoms with Crippen molar-refractivity contribution < 1.29 is 33.7 Å². The second-order valence-electron chi connectivity index (χ2n) is 10.2. The number of aliphatic hydroxyl groups is 1. The van der Waals surface area contributed by atoms with E-state index in [2.05, 4.69) is 0 Å². The Bertz CT molecular complexity index is 949. The highest BCUT2D eigenvalue weighted by molar-refractivity contribution is 6.53. The van der Waals surface area contributed by atoms with E-state index in [1.165, 1.54) is 18.2 Å². The predicted octanol–water partition coefficient (Wildman–Crippen LogP) is 3.77. The Morgan fingerprint density at radius 2 is 1.94 bits per heavy atom. The Labute approximate surface area is 195 Å². The first-order valence-electron chi connectivity index (χ1n) is 10.8. The number of alkyl halides is 3. The minimum absolute atomic E-state index is 0.210. The maximum Gasteiger partial charge on any atom is 0.349 e. The summed E-state index contributed by atoms with van der Waals surface area (Å²) in [5.41, 5.74) is -5.90. The largest absolute Gasteiger partial charge is 0.478 e. The molecule has 0 unspecified atom stereocenters. The van der Waals surface area contributed by atoms with Gasteiger partial charge in [0, 0.05) is 22.7 Å². The SMILES string of the molecule is C[C@H]1C[C@H]2[C@@H]3CCC4=CC(=O)C=C[C@]4(C)[C@@]3(F)[C@@H](O)C[C@]2(C)[C@]1(OC(=O)C(Cl)Cl)C(=O)O. The average molecular weight is 489 g/mol. The molecule has 4 aliphatic carbocycles. The zero-order valence-electron chi connectivity index (χ0n) is 18.1. The highest BCUT2D eigenvalue weighted by atomic mass is 35.5. The van der Waals surface area contributed by atoms with E-state index in [0.717, 1.165) is 0 Å². The van der Waals surface area contributed by atoms with E-state index in [0.29, 0.717) is 24.8 Å². The molecule has 2 N–H and O–H groups in total. The number of carbonyl (C=O) groups excluding carboxylic acids is 2. The summed E-state index contributed by atoms with van der Waals surface area (Å²) in [6.07, 6.45) is 3.65. The van der Waals surface area contributed by atoms with Crippen LogP contribution in [0.4, 0.5) is 4.39 Å². The number of fused-ring (bicyclic) bond motifs is 5. The predicted molar refractivity (Wildman–Crippen MR) is 115 cm³/mol. The van der Waals surface area contributed by atoms with E-state index in [9.17, 15) is 24.6 Å². The highest BCUT2D eigenvalue weighted by Crippen LogP contribution is 2.71. The van der Waals surface area contributed by atoms with Gasteiger partial charge in [0.05, 0.1) is 6.10 Å². The molecule has 32 heavy (non-hydrogen) atoms. The molecule has 0 heterocycles. The summed E-state index contributed by atoms with van der Waals surface area (Å²) in [5, 5.41) is 21.6. The third-order valence-electron chi connectivity index (χ3n) is 8.94. The zero-order chi connectivity index (χ0) is 23.9. The average Bonchev–Trinajstić information content (AvgIpc) is 2.91.